The molecule has 67 heavy (non-hydrogen) atoms. The van der Waals surface area contributed by atoms with Crippen LogP contribution in [0.25, 0.3) is 10.9 Å². The van der Waals surface area contributed by atoms with Crippen molar-refractivity contribution in [3.05, 3.63) is 36.0 Å². The number of benzene rings is 1. The summed E-state index contributed by atoms with van der Waals surface area (Å²) in [7, 11) is 0. The molecule has 1 aromatic carbocycles. The van der Waals surface area contributed by atoms with Crippen LogP contribution in [0, 0.1) is 5.92 Å². The summed E-state index contributed by atoms with van der Waals surface area (Å²) in [6.07, 6.45) is -0.253. The van der Waals surface area contributed by atoms with Crippen LogP contribution in [0.5, 0.6) is 0 Å². The van der Waals surface area contributed by atoms with Crippen molar-refractivity contribution in [2.75, 3.05) is 13.2 Å². The number of nitrogens with zero attached hydrogens (tertiary/aromatic N) is 2. The van der Waals surface area contributed by atoms with E-state index in [1.807, 2.05) is 13.8 Å². The summed E-state index contributed by atoms with van der Waals surface area (Å²) in [6.45, 7) is 20.7. The second-order valence-electron chi connectivity index (χ2n) is 20.5. The Morgan fingerprint density at radius 2 is 1.40 bits per heavy atom. The number of nitrogens with two attached hydrogens (primary N) is 1. The monoisotopic (exact) mass is 944 g/mol. The van der Waals surface area contributed by atoms with Gasteiger partial charge in [-0.2, -0.15) is 0 Å². The van der Waals surface area contributed by atoms with E-state index in [0.29, 0.717) is 22.9 Å². The highest BCUT2D eigenvalue weighted by atomic mass is 16.6. The Kier molecular flexibility index (Phi) is 19.5. The van der Waals surface area contributed by atoms with Crippen molar-refractivity contribution in [2.45, 2.75) is 181 Å². The topological polar surface area (TPSA) is 287 Å². The number of aliphatic carboxylic acids is 2. The van der Waals surface area contributed by atoms with Crippen molar-refractivity contribution >= 4 is 58.5 Å². The minimum atomic E-state index is -1.52. The van der Waals surface area contributed by atoms with E-state index < -0.39 is 113 Å². The molecule has 7 atom stereocenters. The van der Waals surface area contributed by atoms with Crippen LogP contribution in [0.4, 0.5) is 4.79 Å². The lowest BCUT2D eigenvalue weighted by Crippen LogP contribution is -2.62. The van der Waals surface area contributed by atoms with Crippen molar-refractivity contribution in [2.24, 2.45) is 11.7 Å². The average molecular weight is 944 g/mol. The van der Waals surface area contributed by atoms with Gasteiger partial charge in [0.1, 0.15) is 35.8 Å². The van der Waals surface area contributed by atoms with Crippen LogP contribution in [0.3, 0.4) is 0 Å². The first-order valence-electron chi connectivity index (χ1n) is 22.7. The number of carboxylic acid groups (broad SMARTS) is 2. The van der Waals surface area contributed by atoms with Crippen molar-refractivity contribution in [3.8, 4) is 0 Å². The molecule has 1 aliphatic heterocycles. The van der Waals surface area contributed by atoms with Crippen LogP contribution in [-0.2, 0) is 54.2 Å². The fraction of sp³-hybridized carbons (Fsp3) is 0.660. The van der Waals surface area contributed by atoms with E-state index in [4.69, 9.17) is 25.1 Å². The Bertz CT molecular complexity index is 2100. The number of aromatic nitrogens is 1. The zero-order valence-corrected chi connectivity index (χ0v) is 41.0. The predicted molar refractivity (Wildman–Crippen MR) is 248 cm³/mol. The maximum absolute atomic E-state index is 14.5. The van der Waals surface area contributed by atoms with Gasteiger partial charge in [-0.3, -0.25) is 33.3 Å². The Hall–Kier alpha value is -5.60. The number of para-hydroxylation sites is 1. The minimum Gasteiger partial charge on any atom is -0.481 e. The fourth-order valence-electron chi connectivity index (χ4n) is 7.51. The van der Waals surface area contributed by atoms with Crippen molar-refractivity contribution < 1.29 is 62.8 Å². The van der Waals surface area contributed by atoms with Gasteiger partial charge in [0.15, 0.2) is 0 Å². The molecule has 0 radical (unpaired) electrons. The van der Waals surface area contributed by atoms with E-state index in [-0.39, 0.29) is 44.8 Å². The average Bonchev–Trinajstić information content (AvgIpc) is 3.83. The second-order valence-corrected chi connectivity index (χ2v) is 20.5. The van der Waals surface area contributed by atoms with Crippen LogP contribution in [0.15, 0.2) is 30.5 Å². The standard InChI is InChI=1S/C47H73N7O13/c1-26(2)22-32(50-38(57)30(48)23-28-24-54(44(64)67-47(10,11)12)34-17-14-13-16-29(28)34)39(58)51-33(25-65-45(4,5)6)40(59)52-37(27(3)66-46(7,8)9)42(61)53-21-15-18-35(53)41(60)49-31(43(62)63)19-20-36(55)56/h13-14,16-17,24,26-27,30-33,35,37H,15,18-23,25,48H2,1-12H3,(H,49,60)(H,50,57)(H,51,58)(H,52,59)(H,55,56)(H,62,63)/t27-,30+,31+,32+,33+,35+,37+/m1/s1. The summed E-state index contributed by atoms with van der Waals surface area (Å²) in [5.74, 6) is -6.55. The fourth-order valence-corrected chi connectivity index (χ4v) is 7.51. The molecule has 1 aromatic heterocycles. The van der Waals surface area contributed by atoms with E-state index in [0.717, 1.165) is 0 Å². The number of nitrogens with one attached hydrogen (secondary N) is 4. The quantitative estimate of drug-likeness (QED) is 0.0947. The number of hydrogen-bond acceptors (Lipinski definition) is 12. The van der Waals surface area contributed by atoms with Crippen molar-refractivity contribution in [1.82, 2.24) is 30.7 Å². The molecule has 8 N–H and O–H groups in total. The zero-order chi connectivity index (χ0) is 50.8. The molecule has 0 spiro atoms. The van der Waals surface area contributed by atoms with Crippen LogP contribution in [0.1, 0.15) is 121 Å². The van der Waals surface area contributed by atoms with Gasteiger partial charge in [0.2, 0.25) is 29.5 Å². The van der Waals surface area contributed by atoms with E-state index in [1.165, 1.54) is 9.47 Å². The first kappa shape index (κ1) is 55.7. The van der Waals surface area contributed by atoms with Crippen LogP contribution >= 0.6 is 0 Å². The second kappa shape index (κ2) is 23.4. The Morgan fingerprint density at radius 1 is 0.791 bits per heavy atom. The first-order chi connectivity index (χ1) is 30.9. The molecule has 374 valence electrons. The number of carbonyl (C=O) groups excluding carboxylic acids is 6. The number of likely N-dealkylation sites (tertiary alicyclic amines) is 1. The summed E-state index contributed by atoms with van der Waals surface area (Å²) in [4.78, 5) is 108. The van der Waals surface area contributed by atoms with Gasteiger partial charge < -0.3 is 56.3 Å². The van der Waals surface area contributed by atoms with E-state index in [2.05, 4.69) is 21.3 Å². The van der Waals surface area contributed by atoms with Gasteiger partial charge in [0.05, 0.1) is 35.5 Å². The molecule has 2 aromatic rings. The van der Waals surface area contributed by atoms with Crippen LogP contribution in [0.2, 0.25) is 0 Å². The third-order valence-electron chi connectivity index (χ3n) is 10.5. The largest absolute Gasteiger partial charge is 0.481 e. The molecule has 2 heterocycles. The maximum atomic E-state index is 14.5. The third-order valence-corrected chi connectivity index (χ3v) is 10.5. The van der Waals surface area contributed by atoms with Gasteiger partial charge in [-0.05, 0) is 119 Å². The molecule has 5 amide bonds. The van der Waals surface area contributed by atoms with Gasteiger partial charge in [0, 0.05) is 24.5 Å². The highest BCUT2D eigenvalue weighted by Crippen LogP contribution is 2.25. The lowest BCUT2D eigenvalue weighted by molar-refractivity contribution is -0.150. The number of fused-ring (bicyclic) bond motifs is 1. The molecule has 0 aliphatic carbocycles. The van der Waals surface area contributed by atoms with E-state index >= 15 is 0 Å². The minimum absolute atomic E-state index is 0.00273. The normalized spacial score (nSPS) is 17.2. The molecular weight excluding hydrogens is 871 g/mol. The molecule has 0 bridgehead atoms. The Labute approximate surface area is 392 Å². The summed E-state index contributed by atoms with van der Waals surface area (Å²) in [5, 5.41) is 30.0. The zero-order valence-electron chi connectivity index (χ0n) is 41.0. The van der Waals surface area contributed by atoms with Crippen LogP contribution in [-0.4, -0.2) is 140 Å². The first-order valence-corrected chi connectivity index (χ1v) is 22.7. The number of rotatable bonds is 21. The molecule has 3 rings (SSSR count). The molecule has 1 fully saturated rings. The highest BCUT2D eigenvalue weighted by molar-refractivity contribution is 5.97. The lowest BCUT2D eigenvalue weighted by Gasteiger charge is -2.35. The molecular formula is C47H73N7O13. The third kappa shape index (κ3) is 17.5. The predicted octanol–water partition coefficient (Wildman–Crippen LogP) is 3.24. The molecule has 0 saturated carbocycles. The number of carboxylic acids is 2. The molecule has 0 unspecified atom stereocenters. The maximum Gasteiger partial charge on any atom is 0.419 e. The summed E-state index contributed by atoms with van der Waals surface area (Å²) in [6, 6.07) is -0.757. The Balaban J connectivity index is 1.90. The highest BCUT2D eigenvalue weighted by Gasteiger charge is 2.43. The van der Waals surface area contributed by atoms with Gasteiger partial charge in [-0.15, -0.1) is 0 Å². The molecule has 20 heteroatoms. The summed E-state index contributed by atoms with van der Waals surface area (Å²) >= 11 is 0. The number of amides is 5. The molecule has 1 aliphatic rings. The Morgan fingerprint density at radius 3 is 1.97 bits per heavy atom. The van der Waals surface area contributed by atoms with Gasteiger partial charge >= 0.3 is 18.0 Å². The number of ether oxygens (including phenoxy) is 3. The van der Waals surface area contributed by atoms with E-state index in [9.17, 15) is 43.5 Å². The van der Waals surface area contributed by atoms with Gasteiger partial charge in [-0.1, -0.05) is 32.0 Å². The van der Waals surface area contributed by atoms with Crippen LogP contribution < -0.4 is 27.0 Å². The van der Waals surface area contributed by atoms with Gasteiger partial charge in [0.25, 0.3) is 0 Å². The summed E-state index contributed by atoms with van der Waals surface area (Å²) in [5.41, 5.74) is 5.27. The number of hydrogen-bond donors (Lipinski definition) is 7. The van der Waals surface area contributed by atoms with Crippen molar-refractivity contribution in [3.63, 3.8) is 0 Å². The molecule has 20 nitrogen and oxygen atoms in total. The summed E-state index contributed by atoms with van der Waals surface area (Å²) < 4.78 is 19.1. The molecule has 1 saturated heterocycles. The lowest BCUT2D eigenvalue weighted by atomic mass is 10.0. The smallest absolute Gasteiger partial charge is 0.419 e. The SMILES string of the molecule is CC(C)C[C@H](NC(=O)[C@@H](N)Cc1cn(C(=O)OC(C)(C)C)c2ccccc12)C(=O)N[C@@H](COC(C)(C)C)C(=O)N[C@H](C(=O)N1CCC[C@H]1C(=O)N[C@@H](CCC(=O)O)C(=O)O)[C@@H](C)OC(C)(C)C. The van der Waals surface area contributed by atoms with Crippen molar-refractivity contribution in [1.29, 1.82) is 0 Å². The number of carbonyl (C=O) groups is 8. The van der Waals surface area contributed by atoms with E-state index in [1.54, 1.807) is 99.7 Å². The van der Waals surface area contributed by atoms with Gasteiger partial charge in [-0.25, -0.2) is 9.59 Å².